The van der Waals surface area contributed by atoms with E-state index in [-0.39, 0.29) is 18.5 Å². The minimum atomic E-state index is -0.720. The molecule has 1 aliphatic heterocycles. The van der Waals surface area contributed by atoms with Gasteiger partial charge in [-0.15, -0.1) is 0 Å². The predicted molar refractivity (Wildman–Crippen MR) is 133 cm³/mol. The molecule has 1 unspecified atom stereocenters. The highest BCUT2D eigenvalue weighted by atomic mass is 16.5. The molecule has 1 atom stereocenters. The molecule has 0 fully saturated rings. The van der Waals surface area contributed by atoms with Crippen LogP contribution in [0.3, 0.4) is 0 Å². The van der Waals surface area contributed by atoms with Crippen LogP contribution in [-0.4, -0.2) is 36.0 Å². The highest BCUT2D eigenvalue weighted by Gasteiger charge is 2.38. The first-order chi connectivity index (χ1) is 16.5. The van der Waals surface area contributed by atoms with Crippen LogP contribution in [-0.2, 0) is 14.3 Å². The van der Waals surface area contributed by atoms with E-state index in [2.05, 4.69) is 10.6 Å². The quantitative estimate of drug-likeness (QED) is 0.470. The average molecular weight is 464 g/mol. The lowest BCUT2D eigenvalue weighted by Gasteiger charge is -2.37. The number of unbranched alkanes of at least 4 members (excludes halogenated alkanes) is 1. The molecule has 2 aromatic carbocycles. The first-order valence-corrected chi connectivity index (χ1v) is 11.9. The molecule has 3 rings (SSSR count). The van der Waals surface area contributed by atoms with Crippen molar-refractivity contribution in [3.63, 3.8) is 0 Å². The molecule has 7 heteroatoms. The van der Waals surface area contributed by atoms with Crippen LogP contribution >= 0.6 is 0 Å². The molecule has 0 spiro atoms. The smallest absolute Gasteiger partial charge is 0.338 e. The fourth-order valence-electron chi connectivity index (χ4n) is 4.03. The molecule has 0 saturated heterocycles. The molecule has 34 heavy (non-hydrogen) atoms. The van der Waals surface area contributed by atoms with Crippen molar-refractivity contribution in [1.29, 1.82) is 0 Å². The molecule has 0 aromatic heterocycles. The van der Waals surface area contributed by atoms with Crippen molar-refractivity contribution in [1.82, 2.24) is 10.2 Å². The highest BCUT2D eigenvalue weighted by Crippen LogP contribution is 2.37. The van der Waals surface area contributed by atoms with Gasteiger partial charge in [-0.1, -0.05) is 62.7 Å². The molecule has 7 nitrogen and oxygen atoms in total. The second-order valence-electron chi connectivity index (χ2n) is 8.16. The molecule has 180 valence electrons. The van der Waals surface area contributed by atoms with Crippen molar-refractivity contribution >= 4 is 29.3 Å². The molecule has 2 aromatic rings. The van der Waals surface area contributed by atoms with Crippen molar-refractivity contribution in [2.75, 3.05) is 18.5 Å². The Hall–Kier alpha value is -3.61. The maximum Gasteiger partial charge on any atom is 0.338 e. The SMILES string of the molecule is CCCCC(=O)Nc1cccc(C2NC(=O)N(CCC)C(c3ccccc3)=C2C(=O)OCC)c1. The van der Waals surface area contributed by atoms with E-state index in [1.165, 1.54) is 0 Å². The second-order valence-corrected chi connectivity index (χ2v) is 8.16. The molecule has 0 aliphatic carbocycles. The lowest BCUT2D eigenvalue weighted by Crippen LogP contribution is -2.48. The van der Waals surface area contributed by atoms with Crippen LogP contribution in [0.15, 0.2) is 60.2 Å². The van der Waals surface area contributed by atoms with Crippen LogP contribution in [0, 0.1) is 0 Å². The number of anilines is 1. The van der Waals surface area contributed by atoms with Crippen LogP contribution in [0.4, 0.5) is 10.5 Å². The summed E-state index contributed by atoms with van der Waals surface area (Å²) in [5, 5.41) is 5.90. The van der Waals surface area contributed by atoms with Crippen LogP contribution < -0.4 is 10.6 Å². The van der Waals surface area contributed by atoms with E-state index in [0.717, 1.165) is 24.8 Å². The largest absolute Gasteiger partial charge is 0.463 e. The average Bonchev–Trinajstić information content (AvgIpc) is 2.84. The molecule has 1 heterocycles. The first kappa shape index (κ1) is 25.0. The molecule has 0 bridgehead atoms. The summed E-state index contributed by atoms with van der Waals surface area (Å²) in [5.74, 6) is -0.545. The van der Waals surface area contributed by atoms with Gasteiger partial charge < -0.3 is 15.4 Å². The number of nitrogens with one attached hydrogen (secondary N) is 2. The van der Waals surface area contributed by atoms with Crippen molar-refractivity contribution in [2.45, 2.75) is 52.5 Å². The van der Waals surface area contributed by atoms with Gasteiger partial charge in [0.2, 0.25) is 5.91 Å². The fourth-order valence-corrected chi connectivity index (χ4v) is 4.03. The maximum atomic E-state index is 13.3. The number of urea groups is 1. The Morgan fingerprint density at radius 3 is 2.47 bits per heavy atom. The number of amides is 3. The van der Waals surface area contributed by atoms with Gasteiger partial charge >= 0.3 is 12.0 Å². The van der Waals surface area contributed by atoms with Crippen molar-refractivity contribution in [2.24, 2.45) is 0 Å². The Balaban J connectivity index is 2.11. The molecule has 0 saturated carbocycles. The number of hydrogen-bond donors (Lipinski definition) is 2. The second kappa shape index (κ2) is 12.0. The van der Waals surface area contributed by atoms with E-state index in [9.17, 15) is 14.4 Å². The van der Waals surface area contributed by atoms with Gasteiger partial charge in [-0.3, -0.25) is 9.69 Å². The zero-order chi connectivity index (χ0) is 24.5. The van der Waals surface area contributed by atoms with E-state index >= 15 is 0 Å². The molecule has 1 aliphatic rings. The number of rotatable bonds is 10. The Morgan fingerprint density at radius 1 is 1.03 bits per heavy atom. The molecule has 2 N–H and O–H groups in total. The summed E-state index contributed by atoms with van der Waals surface area (Å²) in [5.41, 5.74) is 2.99. The molecule has 3 amide bonds. The zero-order valence-electron chi connectivity index (χ0n) is 20.1. The van der Waals surface area contributed by atoms with E-state index < -0.39 is 12.0 Å². The minimum Gasteiger partial charge on any atom is -0.463 e. The van der Waals surface area contributed by atoms with Gasteiger partial charge in [0.1, 0.15) is 0 Å². The van der Waals surface area contributed by atoms with Crippen molar-refractivity contribution in [3.05, 3.63) is 71.3 Å². The van der Waals surface area contributed by atoms with Gasteiger partial charge in [0, 0.05) is 18.7 Å². The van der Waals surface area contributed by atoms with E-state index in [1.807, 2.05) is 50.2 Å². The Morgan fingerprint density at radius 2 is 1.79 bits per heavy atom. The van der Waals surface area contributed by atoms with E-state index in [1.54, 1.807) is 30.0 Å². The number of esters is 1. The summed E-state index contributed by atoms with van der Waals surface area (Å²) in [6.07, 6.45) is 2.92. The Bertz CT molecular complexity index is 1050. The highest BCUT2D eigenvalue weighted by molar-refractivity contribution is 6.04. The molecular formula is C27H33N3O4. The van der Waals surface area contributed by atoms with Crippen LogP contribution in [0.25, 0.3) is 5.70 Å². The lowest BCUT2D eigenvalue weighted by atomic mass is 9.91. The summed E-state index contributed by atoms with van der Waals surface area (Å²) < 4.78 is 5.44. The maximum absolute atomic E-state index is 13.3. The third-order valence-electron chi connectivity index (χ3n) is 5.58. The number of hydrogen-bond acceptors (Lipinski definition) is 4. The summed E-state index contributed by atoms with van der Waals surface area (Å²) >= 11 is 0. The zero-order valence-corrected chi connectivity index (χ0v) is 20.1. The first-order valence-electron chi connectivity index (χ1n) is 11.9. The van der Waals surface area contributed by atoms with Gasteiger partial charge in [-0.25, -0.2) is 9.59 Å². The van der Waals surface area contributed by atoms with Crippen molar-refractivity contribution in [3.8, 4) is 0 Å². The monoisotopic (exact) mass is 463 g/mol. The third kappa shape index (κ3) is 5.84. The summed E-state index contributed by atoms with van der Waals surface area (Å²) in [4.78, 5) is 40.3. The minimum absolute atomic E-state index is 0.0630. The Labute approximate surface area is 201 Å². The van der Waals surface area contributed by atoms with Gasteiger partial charge in [-0.2, -0.15) is 0 Å². The molecular weight excluding hydrogens is 430 g/mol. The normalized spacial score (nSPS) is 15.7. The molecule has 0 radical (unpaired) electrons. The predicted octanol–water partition coefficient (Wildman–Crippen LogP) is 5.27. The van der Waals surface area contributed by atoms with Gasteiger partial charge in [0.25, 0.3) is 0 Å². The van der Waals surface area contributed by atoms with Gasteiger partial charge in [0.05, 0.1) is 23.9 Å². The standard InChI is InChI=1S/C27H33N3O4/c1-4-7-16-22(31)28-21-15-11-14-20(18-21)24-23(26(32)34-6-3)25(19-12-9-8-10-13-19)30(17-5-2)27(33)29-24/h8-15,18,24H,4-7,16-17H2,1-3H3,(H,28,31)(H,29,33). The summed E-state index contributed by atoms with van der Waals surface area (Å²) in [6, 6.07) is 15.7. The third-order valence-corrected chi connectivity index (χ3v) is 5.58. The Kier molecular flexibility index (Phi) is 8.85. The summed E-state index contributed by atoms with van der Waals surface area (Å²) in [7, 11) is 0. The number of carbonyl (C=O) groups excluding carboxylic acids is 3. The summed E-state index contributed by atoms with van der Waals surface area (Å²) in [6.45, 7) is 6.45. The number of nitrogens with zero attached hydrogens (tertiary/aromatic N) is 1. The number of carbonyl (C=O) groups is 3. The fraction of sp³-hybridized carbons (Fsp3) is 0.370. The lowest BCUT2D eigenvalue weighted by molar-refractivity contribution is -0.139. The number of ether oxygens (including phenoxy) is 1. The van der Waals surface area contributed by atoms with Crippen molar-refractivity contribution < 1.29 is 19.1 Å². The topological polar surface area (TPSA) is 87.7 Å². The van der Waals surface area contributed by atoms with Crippen LogP contribution in [0.1, 0.15) is 63.6 Å². The van der Waals surface area contributed by atoms with Gasteiger partial charge in [-0.05, 0) is 43.0 Å². The van der Waals surface area contributed by atoms with E-state index in [0.29, 0.717) is 35.5 Å². The van der Waals surface area contributed by atoms with Crippen LogP contribution in [0.2, 0.25) is 0 Å². The van der Waals surface area contributed by atoms with Crippen LogP contribution in [0.5, 0.6) is 0 Å². The van der Waals surface area contributed by atoms with Gasteiger partial charge in [0.15, 0.2) is 0 Å². The van der Waals surface area contributed by atoms with E-state index in [4.69, 9.17) is 4.74 Å². The number of benzene rings is 2.